The van der Waals surface area contributed by atoms with Crippen molar-refractivity contribution in [3.8, 4) is 0 Å². The van der Waals surface area contributed by atoms with Gasteiger partial charge in [-0.2, -0.15) is 0 Å². The second kappa shape index (κ2) is 8.07. The van der Waals surface area contributed by atoms with Crippen LogP contribution in [0, 0.1) is 0 Å². The number of anilines is 2. The van der Waals surface area contributed by atoms with Crippen LogP contribution in [-0.2, 0) is 6.54 Å². The minimum Gasteiger partial charge on any atom is -0.313 e. The lowest BCUT2D eigenvalue weighted by Gasteiger charge is -2.08. The second-order valence-electron chi connectivity index (χ2n) is 5.94. The van der Waals surface area contributed by atoms with E-state index >= 15 is 0 Å². The van der Waals surface area contributed by atoms with Crippen molar-refractivity contribution in [1.29, 1.82) is 0 Å². The first-order valence-corrected chi connectivity index (χ1v) is 9.54. The minimum absolute atomic E-state index is 0.254. The molecule has 2 amide bonds. The van der Waals surface area contributed by atoms with Gasteiger partial charge in [0.15, 0.2) is 5.15 Å². The molecule has 3 rings (SSSR count). The van der Waals surface area contributed by atoms with E-state index < -0.39 is 0 Å². The lowest BCUT2D eigenvalue weighted by Crippen LogP contribution is -2.19. The molecule has 0 aliphatic heterocycles. The van der Waals surface area contributed by atoms with Crippen molar-refractivity contribution in [2.24, 2.45) is 0 Å². The summed E-state index contributed by atoms with van der Waals surface area (Å²) in [5, 5.41) is 8.66. The molecular formula is C17H17Cl2N5OS. The molecular weight excluding hydrogens is 393 g/mol. The highest BCUT2D eigenvalue weighted by molar-refractivity contribution is 7.10. The lowest BCUT2D eigenvalue weighted by atomic mass is 10.0. The SMILES string of the molecule is CC(C)c1ccc(NC(=O)Nc2csc(Cn3cnc(Cl)c3Cl)n2)cc1. The van der Waals surface area contributed by atoms with Crippen LogP contribution in [0.4, 0.5) is 16.3 Å². The highest BCUT2D eigenvalue weighted by Gasteiger charge is 2.11. The van der Waals surface area contributed by atoms with Gasteiger partial charge in [-0.15, -0.1) is 11.3 Å². The molecule has 0 radical (unpaired) electrons. The molecule has 9 heteroatoms. The van der Waals surface area contributed by atoms with Crippen LogP contribution in [0.15, 0.2) is 36.0 Å². The van der Waals surface area contributed by atoms with E-state index in [1.807, 2.05) is 24.3 Å². The Labute approximate surface area is 165 Å². The number of hydrogen-bond acceptors (Lipinski definition) is 4. The molecule has 3 aromatic rings. The number of hydrogen-bond donors (Lipinski definition) is 2. The van der Waals surface area contributed by atoms with Gasteiger partial charge in [0, 0.05) is 11.1 Å². The van der Waals surface area contributed by atoms with Gasteiger partial charge in [0.05, 0.1) is 12.9 Å². The van der Waals surface area contributed by atoms with Crippen molar-refractivity contribution in [2.75, 3.05) is 10.6 Å². The summed E-state index contributed by atoms with van der Waals surface area (Å²) in [4.78, 5) is 20.4. The number of nitrogens with zero attached hydrogens (tertiary/aromatic N) is 3. The van der Waals surface area contributed by atoms with Gasteiger partial charge in [0.1, 0.15) is 16.0 Å². The van der Waals surface area contributed by atoms with Crippen LogP contribution < -0.4 is 10.6 Å². The van der Waals surface area contributed by atoms with Crippen LogP contribution in [0.5, 0.6) is 0 Å². The standard InChI is InChI=1S/C17H17Cl2N5OS/c1-10(2)11-3-5-12(6-4-11)21-17(25)23-13-8-26-14(22-13)7-24-9-20-15(18)16(24)19/h3-6,8-10H,7H2,1-2H3,(H2,21,23,25). The number of urea groups is 1. The molecule has 2 aromatic heterocycles. The number of halogens is 2. The number of nitrogens with one attached hydrogen (secondary N) is 2. The Morgan fingerprint density at radius 2 is 1.96 bits per heavy atom. The summed E-state index contributed by atoms with van der Waals surface area (Å²) >= 11 is 13.3. The highest BCUT2D eigenvalue weighted by Crippen LogP contribution is 2.23. The molecule has 2 N–H and O–H groups in total. The molecule has 0 bridgehead atoms. The molecule has 6 nitrogen and oxygen atoms in total. The summed E-state index contributed by atoms with van der Waals surface area (Å²) in [6, 6.07) is 7.42. The van der Waals surface area contributed by atoms with Crippen LogP contribution in [0.3, 0.4) is 0 Å². The Bertz CT molecular complexity index is 904. The number of aromatic nitrogens is 3. The van der Waals surface area contributed by atoms with E-state index in [0.717, 1.165) is 10.7 Å². The van der Waals surface area contributed by atoms with E-state index in [2.05, 4.69) is 34.4 Å². The van der Waals surface area contributed by atoms with E-state index in [-0.39, 0.29) is 11.2 Å². The maximum absolute atomic E-state index is 12.1. The van der Waals surface area contributed by atoms with Gasteiger partial charge in [-0.05, 0) is 23.6 Å². The van der Waals surface area contributed by atoms with Gasteiger partial charge in [-0.1, -0.05) is 49.2 Å². The lowest BCUT2D eigenvalue weighted by molar-refractivity contribution is 0.262. The summed E-state index contributed by atoms with van der Waals surface area (Å²) in [5.74, 6) is 0.925. The molecule has 136 valence electrons. The molecule has 0 saturated heterocycles. The van der Waals surface area contributed by atoms with Crippen LogP contribution in [0.25, 0.3) is 0 Å². The largest absolute Gasteiger partial charge is 0.324 e. The molecule has 26 heavy (non-hydrogen) atoms. The van der Waals surface area contributed by atoms with Gasteiger partial charge in [0.25, 0.3) is 0 Å². The van der Waals surface area contributed by atoms with Crippen LogP contribution in [0.2, 0.25) is 10.3 Å². The van der Waals surface area contributed by atoms with Crippen molar-refractivity contribution in [3.05, 3.63) is 56.9 Å². The summed E-state index contributed by atoms with van der Waals surface area (Å²) in [7, 11) is 0. The van der Waals surface area contributed by atoms with Crippen molar-refractivity contribution >= 4 is 52.1 Å². The molecule has 0 saturated carbocycles. The Morgan fingerprint density at radius 1 is 1.23 bits per heavy atom. The Morgan fingerprint density at radius 3 is 2.58 bits per heavy atom. The first-order valence-electron chi connectivity index (χ1n) is 7.91. The van der Waals surface area contributed by atoms with Crippen LogP contribution in [-0.4, -0.2) is 20.6 Å². The van der Waals surface area contributed by atoms with Crippen molar-refractivity contribution < 1.29 is 4.79 Å². The first kappa shape index (κ1) is 18.7. The zero-order chi connectivity index (χ0) is 18.7. The molecule has 0 aliphatic carbocycles. The average molecular weight is 410 g/mol. The minimum atomic E-state index is -0.345. The second-order valence-corrected chi connectivity index (χ2v) is 7.60. The van der Waals surface area contributed by atoms with E-state index in [9.17, 15) is 4.79 Å². The van der Waals surface area contributed by atoms with Crippen molar-refractivity contribution in [2.45, 2.75) is 26.3 Å². The number of imidazole rings is 1. The van der Waals surface area contributed by atoms with Crippen molar-refractivity contribution in [3.63, 3.8) is 0 Å². The first-order chi connectivity index (χ1) is 12.4. The molecule has 0 fully saturated rings. The molecule has 2 heterocycles. The molecule has 0 unspecified atom stereocenters. The predicted octanol–water partition coefficient (Wildman–Crippen LogP) is 5.46. The molecule has 0 aliphatic rings. The topological polar surface area (TPSA) is 71.8 Å². The van der Waals surface area contributed by atoms with Gasteiger partial charge < -0.3 is 9.88 Å². The number of amides is 2. The molecule has 1 aromatic carbocycles. The highest BCUT2D eigenvalue weighted by atomic mass is 35.5. The van der Waals surface area contributed by atoms with E-state index in [4.69, 9.17) is 23.2 Å². The smallest absolute Gasteiger partial charge is 0.313 e. The summed E-state index contributed by atoms with van der Waals surface area (Å²) in [6.45, 7) is 4.68. The zero-order valence-electron chi connectivity index (χ0n) is 14.2. The average Bonchev–Trinajstić information content (AvgIpc) is 3.17. The zero-order valence-corrected chi connectivity index (χ0v) is 16.5. The summed E-state index contributed by atoms with van der Waals surface area (Å²) < 4.78 is 1.68. The molecule has 0 spiro atoms. The third kappa shape index (κ3) is 4.55. The maximum Gasteiger partial charge on any atom is 0.324 e. The monoisotopic (exact) mass is 409 g/mol. The van der Waals surface area contributed by atoms with Crippen LogP contribution >= 0.6 is 34.5 Å². The Kier molecular flexibility index (Phi) is 5.80. The number of benzene rings is 1. The third-order valence-electron chi connectivity index (χ3n) is 3.67. The van der Waals surface area contributed by atoms with E-state index in [1.165, 1.54) is 16.9 Å². The normalized spacial score (nSPS) is 11.0. The van der Waals surface area contributed by atoms with E-state index in [1.54, 1.807) is 16.3 Å². The number of carbonyl (C=O) groups is 1. The fourth-order valence-corrected chi connectivity index (χ4v) is 3.30. The number of thiazole rings is 1. The van der Waals surface area contributed by atoms with Gasteiger partial charge >= 0.3 is 6.03 Å². The third-order valence-corrected chi connectivity index (χ3v) is 5.27. The molecule has 0 atom stereocenters. The van der Waals surface area contributed by atoms with Gasteiger partial charge in [-0.25, -0.2) is 14.8 Å². The summed E-state index contributed by atoms with van der Waals surface area (Å²) in [6.07, 6.45) is 1.55. The fourth-order valence-electron chi connectivity index (χ4n) is 2.27. The Hall–Kier alpha value is -2.09. The summed E-state index contributed by atoms with van der Waals surface area (Å²) in [5.41, 5.74) is 1.94. The quantitative estimate of drug-likeness (QED) is 0.587. The Balaban J connectivity index is 1.58. The maximum atomic E-state index is 12.1. The predicted molar refractivity (Wildman–Crippen MR) is 107 cm³/mol. The van der Waals surface area contributed by atoms with E-state index in [0.29, 0.717) is 23.4 Å². The van der Waals surface area contributed by atoms with Crippen molar-refractivity contribution in [1.82, 2.24) is 14.5 Å². The van der Waals surface area contributed by atoms with Gasteiger partial charge in [-0.3, -0.25) is 5.32 Å². The number of carbonyl (C=O) groups excluding carboxylic acids is 1. The van der Waals surface area contributed by atoms with Crippen LogP contribution in [0.1, 0.15) is 30.3 Å². The van der Waals surface area contributed by atoms with Gasteiger partial charge in [0.2, 0.25) is 0 Å². The number of rotatable bonds is 5. The fraction of sp³-hybridized carbons (Fsp3) is 0.235.